The Hall–Kier alpha value is -3.11. The van der Waals surface area contributed by atoms with Crippen LogP contribution in [0.4, 0.5) is 0 Å². The first-order chi connectivity index (χ1) is 15.3. The van der Waals surface area contributed by atoms with Crippen molar-refractivity contribution in [3.8, 4) is 11.8 Å². The van der Waals surface area contributed by atoms with Gasteiger partial charge in [0.25, 0.3) is 5.56 Å². The zero-order valence-electron chi connectivity index (χ0n) is 18.5. The van der Waals surface area contributed by atoms with Gasteiger partial charge in [0.15, 0.2) is 5.16 Å². The zero-order valence-corrected chi connectivity index (χ0v) is 19.3. The lowest BCUT2D eigenvalue weighted by molar-refractivity contribution is -0.119. The molecule has 32 heavy (non-hydrogen) atoms. The topological polar surface area (TPSA) is 87.8 Å². The van der Waals surface area contributed by atoms with E-state index in [9.17, 15) is 14.9 Å². The number of nitrogens with one attached hydrogen (secondary N) is 1. The number of thioether (sulfide) groups is 1. The second kappa shape index (κ2) is 8.79. The SMILES string of the molecule is CC(C)c1ccccc1-n1c(SCC(=O)N[C@@](C)(C#N)C2CC2)nc2ccccc2c1=O. The molecule has 0 spiro atoms. The van der Waals surface area contributed by atoms with E-state index in [0.717, 1.165) is 24.1 Å². The second-order valence-electron chi connectivity index (χ2n) is 8.69. The molecule has 0 saturated heterocycles. The maximum atomic E-state index is 13.5. The first-order valence-corrected chi connectivity index (χ1v) is 11.8. The summed E-state index contributed by atoms with van der Waals surface area (Å²) < 4.78 is 1.61. The van der Waals surface area contributed by atoms with Crippen molar-refractivity contribution in [2.75, 3.05) is 5.75 Å². The molecule has 164 valence electrons. The lowest BCUT2D eigenvalue weighted by atomic mass is 9.98. The number of benzene rings is 2. The van der Waals surface area contributed by atoms with Gasteiger partial charge >= 0.3 is 0 Å². The van der Waals surface area contributed by atoms with Crippen molar-refractivity contribution >= 4 is 28.6 Å². The van der Waals surface area contributed by atoms with Crippen molar-refractivity contribution in [2.45, 2.75) is 50.2 Å². The monoisotopic (exact) mass is 446 g/mol. The Morgan fingerprint density at radius 1 is 1.25 bits per heavy atom. The van der Waals surface area contributed by atoms with Gasteiger partial charge in [0.05, 0.1) is 28.4 Å². The van der Waals surface area contributed by atoms with Crippen molar-refractivity contribution in [1.82, 2.24) is 14.9 Å². The quantitative estimate of drug-likeness (QED) is 0.429. The van der Waals surface area contributed by atoms with Crippen LogP contribution in [-0.2, 0) is 4.79 Å². The summed E-state index contributed by atoms with van der Waals surface area (Å²) in [5.41, 5.74) is 1.39. The van der Waals surface area contributed by atoms with Crippen LogP contribution in [0.3, 0.4) is 0 Å². The van der Waals surface area contributed by atoms with Crippen LogP contribution in [-0.4, -0.2) is 26.8 Å². The number of nitrogens with zero attached hydrogens (tertiary/aromatic N) is 3. The van der Waals surface area contributed by atoms with Crippen molar-refractivity contribution in [1.29, 1.82) is 5.26 Å². The highest BCUT2D eigenvalue weighted by atomic mass is 32.2. The standard InChI is InChI=1S/C25H26N4O2S/c1-16(2)18-8-5-7-11-21(18)29-23(31)19-9-4-6-10-20(19)27-24(29)32-14-22(30)28-25(3,15-26)17-12-13-17/h4-11,16-17H,12-14H2,1-3H3,(H,28,30)/t25-/m0/s1. The molecule has 2 aromatic carbocycles. The van der Waals surface area contributed by atoms with Crippen molar-refractivity contribution in [3.63, 3.8) is 0 Å². The summed E-state index contributed by atoms with van der Waals surface area (Å²) in [5.74, 6) is 0.243. The van der Waals surface area contributed by atoms with Crippen LogP contribution in [0.5, 0.6) is 0 Å². The maximum Gasteiger partial charge on any atom is 0.266 e. The molecule has 1 fully saturated rings. The largest absolute Gasteiger partial charge is 0.337 e. The fourth-order valence-electron chi connectivity index (χ4n) is 3.94. The van der Waals surface area contributed by atoms with E-state index in [4.69, 9.17) is 4.98 Å². The number of rotatable bonds is 7. The first-order valence-electron chi connectivity index (χ1n) is 10.8. The molecule has 1 amide bonds. The number of carbonyl (C=O) groups excluding carboxylic acids is 1. The fourth-order valence-corrected chi connectivity index (χ4v) is 4.74. The number of amides is 1. The molecule has 6 nitrogen and oxygen atoms in total. The van der Waals surface area contributed by atoms with Crippen LogP contribution in [0, 0.1) is 17.2 Å². The van der Waals surface area contributed by atoms with Crippen LogP contribution in [0.25, 0.3) is 16.6 Å². The number of para-hydroxylation sites is 2. The molecule has 1 aliphatic rings. The highest BCUT2D eigenvalue weighted by molar-refractivity contribution is 7.99. The van der Waals surface area contributed by atoms with Gasteiger partial charge in [-0.1, -0.05) is 55.9 Å². The highest BCUT2D eigenvalue weighted by Crippen LogP contribution is 2.39. The summed E-state index contributed by atoms with van der Waals surface area (Å²) in [6.07, 6.45) is 1.91. The van der Waals surface area contributed by atoms with Crippen molar-refractivity contribution in [2.24, 2.45) is 5.92 Å². The molecule has 7 heteroatoms. The second-order valence-corrected chi connectivity index (χ2v) is 9.63. The third-order valence-corrected chi connectivity index (χ3v) is 6.84. The zero-order chi connectivity index (χ0) is 22.9. The highest BCUT2D eigenvalue weighted by Gasteiger charge is 2.43. The minimum absolute atomic E-state index is 0.0681. The average molecular weight is 447 g/mol. The minimum Gasteiger partial charge on any atom is -0.337 e. The van der Waals surface area contributed by atoms with Crippen LogP contribution in [0.1, 0.15) is 45.1 Å². The lowest BCUT2D eigenvalue weighted by Gasteiger charge is -2.23. The molecule has 4 rings (SSSR count). The summed E-state index contributed by atoms with van der Waals surface area (Å²) in [5, 5.41) is 13.4. The summed E-state index contributed by atoms with van der Waals surface area (Å²) >= 11 is 1.21. The Morgan fingerprint density at radius 3 is 2.62 bits per heavy atom. The molecular weight excluding hydrogens is 420 g/mol. The van der Waals surface area contributed by atoms with E-state index in [-0.39, 0.29) is 29.1 Å². The predicted molar refractivity (Wildman–Crippen MR) is 127 cm³/mol. The molecule has 1 atom stereocenters. The van der Waals surface area contributed by atoms with Gasteiger partial charge in [-0.15, -0.1) is 0 Å². The van der Waals surface area contributed by atoms with Crippen LogP contribution >= 0.6 is 11.8 Å². The van der Waals surface area contributed by atoms with E-state index >= 15 is 0 Å². The van der Waals surface area contributed by atoms with Crippen molar-refractivity contribution in [3.05, 3.63) is 64.4 Å². The number of carbonyl (C=O) groups is 1. The molecule has 1 aromatic heterocycles. The average Bonchev–Trinajstić information content (AvgIpc) is 3.64. The van der Waals surface area contributed by atoms with E-state index in [0.29, 0.717) is 16.1 Å². The molecule has 1 heterocycles. The van der Waals surface area contributed by atoms with Gasteiger partial charge in [-0.2, -0.15) is 5.26 Å². The van der Waals surface area contributed by atoms with Gasteiger partial charge in [0.1, 0.15) is 5.54 Å². The van der Waals surface area contributed by atoms with Crippen molar-refractivity contribution < 1.29 is 4.79 Å². The molecule has 1 N–H and O–H groups in total. The Bertz CT molecular complexity index is 1270. The summed E-state index contributed by atoms with van der Waals surface area (Å²) in [6, 6.07) is 17.3. The number of hydrogen-bond donors (Lipinski definition) is 1. The van der Waals surface area contributed by atoms with Gasteiger partial charge in [-0.3, -0.25) is 14.2 Å². The summed E-state index contributed by atoms with van der Waals surface area (Å²) in [6.45, 7) is 5.94. The number of fused-ring (bicyclic) bond motifs is 1. The molecule has 0 bridgehead atoms. The normalized spacial score (nSPS) is 15.3. The number of aromatic nitrogens is 2. The molecule has 0 aliphatic heterocycles. The third kappa shape index (κ3) is 4.28. The third-order valence-electron chi connectivity index (χ3n) is 5.90. The Balaban J connectivity index is 1.73. The summed E-state index contributed by atoms with van der Waals surface area (Å²) in [4.78, 5) is 30.9. The van der Waals surface area contributed by atoms with E-state index in [2.05, 4.69) is 25.2 Å². The molecule has 0 radical (unpaired) electrons. The van der Waals surface area contributed by atoms with Crippen LogP contribution in [0.15, 0.2) is 58.5 Å². The Kier molecular flexibility index (Phi) is 6.07. The predicted octanol–water partition coefficient (Wildman–Crippen LogP) is 4.41. The fraction of sp³-hybridized carbons (Fsp3) is 0.360. The van der Waals surface area contributed by atoms with Gasteiger partial charge in [0, 0.05) is 0 Å². The van der Waals surface area contributed by atoms with E-state index in [1.54, 1.807) is 23.6 Å². The molecule has 1 aliphatic carbocycles. The van der Waals surface area contributed by atoms with E-state index in [1.807, 2.05) is 36.4 Å². The molecular formula is C25H26N4O2S. The lowest BCUT2D eigenvalue weighted by Crippen LogP contribution is -2.47. The van der Waals surface area contributed by atoms with Gasteiger partial charge < -0.3 is 5.32 Å². The van der Waals surface area contributed by atoms with Crippen LogP contribution in [0.2, 0.25) is 0 Å². The molecule has 1 saturated carbocycles. The number of hydrogen-bond acceptors (Lipinski definition) is 5. The maximum absolute atomic E-state index is 13.5. The van der Waals surface area contributed by atoms with Gasteiger partial charge in [-0.25, -0.2) is 4.98 Å². The first kappa shape index (κ1) is 22.1. The smallest absolute Gasteiger partial charge is 0.266 e. The van der Waals surface area contributed by atoms with E-state index < -0.39 is 5.54 Å². The van der Waals surface area contributed by atoms with Gasteiger partial charge in [-0.05, 0) is 55.4 Å². The number of nitriles is 1. The minimum atomic E-state index is -0.849. The summed E-state index contributed by atoms with van der Waals surface area (Å²) in [7, 11) is 0. The van der Waals surface area contributed by atoms with Crippen LogP contribution < -0.4 is 10.9 Å². The molecule has 3 aromatic rings. The molecule has 0 unspecified atom stereocenters. The Morgan fingerprint density at radius 2 is 1.94 bits per heavy atom. The van der Waals surface area contributed by atoms with Gasteiger partial charge in [0.2, 0.25) is 5.91 Å². The van der Waals surface area contributed by atoms with E-state index in [1.165, 1.54) is 11.8 Å². The Labute approximate surface area is 191 Å².